The van der Waals surface area contributed by atoms with Crippen molar-refractivity contribution in [3.05, 3.63) is 24.6 Å². The zero-order valence-electron chi connectivity index (χ0n) is 10.4. The monoisotopic (exact) mass is 264 g/mol. The Morgan fingerprint density at radius 2 is 1.95 bits per heavy atom. The van der Waals surface area contributed by atoms with Crippen LogP contribution in [0.15, 0.2) is 29.0 Å². The van der Waals surface area contributed by atoms with E-state index >= 15 is 0 Å². The van der Waals surface area contributed by atoms with Gasteiger partial charge in [0.05, 0.1) is 11.6 Å². The highest BCUT2D eigenvalue weighted by Crippen LogP contribution is 2.65. The minimum atomic E-state index is -2.44. The Morgan fingerprint density at radius 3 is 2.63 bits per heavy atom. The molecule has 2 aromatic rings. The van der Waals surface area contributed by atoms with Gasteiger partial charge in [0.2, 0.25) is 0 Å². The highest BCUT2D eigenvalue weighted by Gasteiger charge is 2.70. The molecule has 0 unspecified atom stereocenters. The van der Waals surface area contributed by atoms with Crippen LogP contribution in [0.4, 0.5) is 14.6 Å². The van der Waals surface area contributed by atoms with E-state index < -0.39 is 11.3 Å². The fraction of sp³-hybridized carbons (Fsp3) is 0.500. The Kier molecular flexibility index (Phi) is 2.04. The summed E-state index contributed by atoms with van der Waals surface area (Å²) >= 11 is 0. The minimum absolute atomic E-state index is 0.0666. The summed E-state index contributed by atoms with van der Waals surface area (Å²) in [7, 11) is 0. The highest BCUT2D eigenvalue weighted by atomic mass is 19.3. The molecule has 1 aliphatic carbocycles. The van der Waals surface area contributed by atoms with E-state index in [4.69, 9.17) is 4.42 Å². The number of piperidine rings is 1. The van der Waals surface area contributed by atoms with Crippen LogP contribution in [0, 0.1) is 5.41 Å². The predicted octanol–water partition coefficient (Wildman–Crippen LogP) is 3.45. The average molecular weight is 264 g/mol. The van der Waals surface area contributed by atoms with Gasteiger partial charge in [0, 0.05) is 31.1 Å². The van der Waals surface area contributed by atoms with Crippen molar-refractivity contribution in [1.29, 1.82) is 0 Å². The number of nitrogens with zero attached hydrogens (tertiary/aromatic N) is 2. The molecule has 0 radical (unpaired) electrons. The summed E-state index contributed by atoms with van der Waals surface area (Å²) in [5, 5.41) is 0.959. The van der Waals surface area contributed by atoms with Crippen molar-refractivity contribution < 1.29 is 13.2 Å². The molecule has 100 valence electrons. The lowest BCUT2D eigenvalue weighted by atomic mass is 9.93. The molecule has 5 heteroatoms. The minimum Gasteiger partial charge on any atom is -0.464 e. The number of hydrogen-bond donors (Lipinski definition) is 0. The van der Waals surface area contributed by atoms with E-state index in [-0.39, 0.29) is 6.42 Å². The molecule has 1 spiro atoms. The molecule has 4 rings (SSSR count). The quantitative estimate of drug-likeness (QED) is 0.790. The summed E-state index contributed by atoms with van der Waals surface area (Å²) < 4.78 is 32.1. The Morgan fingerprint density at radius 1 is 1.21 bits per heavy atom. The van der Waals surface area contributed by atoms with Crippen molar-refractivity contribution in [2.75, 3.05) is 18.0 Å². The SMILES string of the molecule is FC1(F)CC12CCN(c1nccc3occc13)CC2. The predicted molar refractivity (Wildman–Crippen MR) is 67.5 cm³/mol. The van der Waals surface area contributed by atoms with Crippen molar-refractivity contribution in [3.8, 4) is 0 Å². The number of anilines is 1. The maximum Gasteiger partial charge on any atom is 0.254 e. The lowest BCUT2D eigenvalue weighted by Gasteiger charge is -2.33. The molecule has 19 heavy (non-hydrogen) atoms. The van der Waals surface area contributed by atoms with Gasteiger partial charge in [-0.3, -0.25) is 0 Å². The van der Waals surface area contributed by atoms with Crippen LogP contribution >= 0.6 is 0 Å². The number of aromatic nitrogens is 1. The first-order chi connectivity index (χ1) is 9.11. The van der Waals surface area contributed by atoms with E-state index in [0.29, 0.717) is 25.9 Å². The van der Waals surface area contributed by atoms with Gasteiger partial charge in [-0.05, 0) is 25.0 Å². The largest absolute Gasteiger partial charge is 0.464 e. The Balaban J connectivity index is 1.60. The zero-order valence-corrected chi connectivity index (χ0v) is 10.4. The molecule has 0 atom stereocenters. The molecule has 2 fully saturated rings. The molecule has 1 aliphatic heterocycles. The smallest absolute Gasteiger partial charge is 0.254 e. The van der Waals surface area contributed by atoms with Gasteiger partial charge in [0.1, 0.15) is 11.4 Å². The molecule has 0 amide bonds. The molecular weight excluding hydrogens is 250 g/mol. The number of furan rings is 1. The van der Waals surface area contributed by atoms with E-state index in [1.165, 1.54) is 0 Å². The van der Waals surface area contributed by atoms with E-state index in [1.54, 1.807) is 12.5 Å². The molecule has 2 aliphatic rings. The normalized spacial score (nSPS) is 24.0. The van der Waals surface area contributed by atoms with E-state index in [0.717, 1.165) is 16.8 Å². The molecule has 0 N–H and O–H groups in total. The molecule has 3 nitrogen and oxygen atoms in total. The van der Waals surface area contributed by atoms with Crippen molar-refractivity contribution in [2.24, 2.45) is 5.41 Å². The molecular formula is C14H14F2N2O. The summed E-state index contributed by atoms with van der Waals surface area (Å²) in [4.78, 5) is 6.48. The summed E-state index contributed by atoms with van der Waals surface area (Å²) in [6.45, 7) is 1.29. The van der Waals surface area contributed by atoms with Crippen LogP contribution in [-0.4, -0.2) is 24.0 Å². The van der Waals surface area contributed by atoms with Crippen molar-refractivity contribution >= 4 is 16.8 Å². The lowest BCUT2D eigenvalue weighted by Crippen LogP contribution is -2.37. The Bertz CT molecular complexity index is 629. The Labute approximate surface area is 109 Å². The first-order valence-electron chi connectivity index (χ1n) is 6.56. The number of fused-ring (bicyclic) bond motifs is 1. The summed E-state index contributed by atoms with van der Waals surface area (Å²) in [5.41, 5.74) is 0.0791. The fourth-order valence-corrected chi connectivity index (χ4v) is 3.20. The third-order valence-electron chi connectivity index (χ3n) is 4.59. The molecule has 3 heterocycles. The van der Waals surface area contributed by atoms with Crippen molar-refractivity contribution in [3.63, 3.8) is 0 Å². The van der Waals surface area contributed by atoms with Gasteiger partial charge < -0.3 is 9.32 Å². The van der Waals surface area contributed by atoms with Crippen LogP contribution in [0.3, 0.4) is 0 Å². The lowest BCUT2D eigenvalue weighted by molar-refractivity contribution is 0.0537. The van der Waals surface area contributed by atoms with Gasteiger partial charge in [-0.1, -0.05) is 0 Å². The average Bonchev–Trinajstić information content (AvgIpc) is 2.79. The van der Waals surface area contributed by atoms with Crippen molar-refractivity contribution in [1.82, 2.24) is 4.98 Å². The first kappa shape index (κ1) is 11.2. The summed E-state index contributed by atoms with van der Waals surface area (Å²) in [6.07, 6.45) is 4.51. The standard InChI is InChI=1S/C14H14F2N2O/c15-14(16)9-13(14)3-6-18(7-4-13)12-10-2-8-19-11(10)1-5-17-12/h1-2,5,8H,3-4,6-7,9H2. The third kappa shape index (κ3) is 1.50. The topological polar surface area (TPSA) is 29.3 Å². The van der Waals surface area contributed by atoms with Crippen LogP contribution in [0.5, 0.6) is 0 Å². The molecule has 2 aromatic heterocycles. The van der Waals surface area contributed by atoms with Gasteiger partial charge in [0.15, 0.2) is 0 Å². The van der Waals surface area contributed by atoms with Gasteiger partial charge in [-0.25, -0.2) is 13.8 Å². The van der Waals surface area contributed by atoms with Crippen LogP contribution in [-0.2, 0) is 0 Å². The highest BCUT2D eigenvalue weighted by molar-refractivity contribution is 5.88. The van der Waals surface area contributed by atoms with Crippen LogP contribution in [0.2, 0.25) is 0 Å². The number of alkyl halides is 2. The third-order valence-corrected chi connectivity index (χ3v) is 4.59. The van der Waals surface area contributed by atoms with Gasteiger partial charge in [-0.2, -0.15) is 0 Å². The molecule has 0 bridgehead atoms. The van der Waals surface area contributed by atoms with Crippen LogP contribution < -0.4 is 4.90 Å². The zero-order chi connectivity index (χ0) is 13.1. The number of pyridine rings is 1. The second-order valence-corrected chi connectivity index (χ2v) is 5.62. The summed E-state index contributed by atoms with van der Waals surface area (Å²) in [5.74, 6) is -1.58. The van der Waals surface area contributed by atoms with Gasteiger partial charge in [-0.15, -0.1) is 0 Å². The summed E-state index contributed by atoms with van der Waals surface area (Å²) in [6, 6.07) is 3.70. The second-order valence-electron chi connectivity index (χ2n) is 5.62. The van der Waals surface area contributed by atoms with Crippen LogP contribution in [0.25, 0.3) is 11.0 Å². The molecule has 1 saturated carbocycles. The number of rotatable bonds is 1. The van der Waals surface area contributed by atoms with Crippen molar-refractivity contribution in [2.45, 2.75) is 25.2 Å². The maximum absolute atomic E-state index is 13.4. The number of halogens is 2. The molecule has 0 aromatic carbocycles. The first-order valence-corrected chi connectivity index (χ1v) is 6.56. The van der Waals surface area contributed by atoms with Gasteiger partial charge in [0.25, 0.3) is 5.92 Å². The van der Waals surface area contributed by atoms with Gasteiger partial charge >= 0.3 is 0 Å². The van der Waals surface area contributed by atoms with E-state index in [9.17, 15) is 8.78 Å². The number of hydrogen-bond acceptors (Lipinski definition) is 3. The Hall–Kier alpha value is -1.65. The fourth-order valence-electron chi connectivity index (χ4n) is 3.20. The molecule has 1 saturated heterocycles. The second kappa shape index (κ2) is 3.46. The van der Waals surface area contributed by atoms with E-state index in [1.807, 2.05) is 12.1 Å². The maximum atomic E-state index is 13.4. The van der Waals surface area contributed by atoms with E-state index in [2.05, 4.69) is 9.88 Å². The van der Waals surface area contributed by atoms with Crippen LogP contribution in [0.1, 0.15) is 19.3 Å².